The third-order valence-electron chi connectivity index (χ3n) is 5.29. The molecule has 1 aromatic heterocycles. The normalized spacial score (nSPS) is 12.5. The van der Waals surface area contributed by atoms with Gasteiger partial charge in [-0.2, -0.15) is 13.2 Å². The zero-order valence-corrected chi connectivity index (χ0v) is 18.5. The SMILES string of the molecule is CCn1c(C(C)N(CCOC)C(=O)Nc2cccc(C(F)(F)F)c2)nc2ccccc2c1=O. The van der Waals surface area contributed by atoms with Crippen LogP contribution in [0.15, 0.2) is 53.3 Å². The molecule has 0 saturated carbocycles. The minimum Gasteiger partial charge on any atom is -0.383 e. The molecule has 1 heterocycles. The van der Waals surface area contributed by atoms with Gasteiger partial charge in [0.1, 0.15) is 5.82 Å². The number of amides is 2. The van der Waals surface area contributed by atoms with E-state index in [0.29, 0.717) is 23.3 Å². The van der Waals surface area contributed by atoms with E-state index in [1.165, 1.54) is 28.7 Å². The number of nitrogens with zero attached hydrogens (tertiary/aromatic N) is 3. The molecule has 0 bridgehead atoms. The number of para-hydroxylation sites is 1. The number of aromatic nitrogens is 2. The van der Waals surface area contributed by atoms with Gasteiger partial charge < -0.3 is 15.0 Å². The van der Waals surface area contributed by atoms with Crippen LogP contribution in [0, 0.1) is 0 Å². The lowest BCUT2D eigenvalue weighted by Crippen LogP contribution is -2.41. The number of methoxy groups -OCH3 is 1. The number of nitrogens with one attached hydrogen (secondary N) is 1. The summed E-state index contributed by atoms with van der Waals surface area (Å²) in [5.74, 6) is 0.372. The highest BCUT2D eigenvalue weighted by molar-refractivity contribution is 5.89. The standard InChI is InChI=1S/C23H25F3N4O3/c1-4-29-20(28-19-11-6-5-10-18(19)21(29)31)15(2)30(12-13-33-3)22(32)27-17-9-7-8-16(14-17)23(24,25)26/h5-11,14-15H,4,12-13H2,1-3H3,(H,27,32). The number of carbonyl (C=O) groups is 1. The largest absolute Gasteiger partial charge is 0.416 e. The number of carbonyl (C=O) groups excluding carboxylic acids is 1. The minimum absolute atomic E-state index is 0.00351. The molecule has 33 heavy (non-hydrogen) atoms. The Morgan fingerprint density at radius 3 is 2.61 bits per heavy atom. The van der Waals surface area contributed by atoms with Gasteiger partial charge in [0.05, 0.1) is 29.1 Å². The van der Waals surface area contributed by atoms with Gasteiger partial charge in [-0.05, 0) is 44.2 Å². The van der Waals surface area contributed by atoms with Gasteiger partial charge >= 0.3 is 12.2 Å². The van der Waals surface area contributed by atoms with Crippen molar-refractivity contribution in [3.05, 3.63) is 70.3 Å². The molecule has 0 radical (unpaired) electrons. The molecule has 2 aromatic carbocycles. The molecule has 1 N–H and O–H groups in total. The summed E-state index contributed by atoms with van der Waals surface area (Å²) in [5, 5.41) is 2.98. The van der Waals surface area contributed by atoms with Crippen LogP contribution in [0.5, 0.6) is 0 Å². The topological polar surface area (TPSA) is 76.5 Å². The molecule has 1 atom stereocenters. The number of hydrogen-bond acceptors (Lipinski definition) is 4. The molecule has 176 valence electrons. The first-order chi connectivity index (χ1) is 15.7. The molecule has 1 unspecified atom stereocenters. The predicted octanol–water partition coefficient (Wildman–Crippen LogP) is 4.68. The highest BCUT2D eigenvalue weighted by Crippen LogP contribution is 2.31. The predicted molar refractivity (Wildman–Crippen MR) is 119 cm³/mol. The van der Waals surface area contributed by atoms with Crippen molar-refractivity contribution in [1.82, 2.24) is 14.5 Å². The van der Waals surface area contributed by atoms with Crippen LogP contribution < -0.4 is 10.9 Å². The number of rotatable bonds is 7. The van der Waals surface area contributed by atoms with Crippen molar-refractivity contribution in [2.45, 2.75) is 32.6 Å². The first-order valence-electron chi connectivity index (χ1n) is 10.4. The number of halogens is 3. The molecule has 10 heteroatoms. The summed E-state index contributed by atoms with van der Waals surface area (Å²) < 4.78 is 45.8. The molecule has 0 aliphatic carbocycles. The van der Waals surface area contributed by atoms with Crippen LogP contribution in [0.4, 0.5) is 23.7 Å². The van der Waals surface area contributed by atoms with E-state index >= 15 is 0 Å². The van der Waals surface area contributed by atoms with Crippen LogP contribution in [-0.4, -0.2) is 40.7 Å². The van der Waals surface area contributed by atoms with Crippen molar-refractivity contribution < 1.29 is 22.7 Å². The fraction of sp³-hybridized carbons (Fsp3) is 0.348. The van der Waals surface area contributed by atoms with E-state index in [0.717, 1.165) is 12.1 Å². The first kappa shape index (κ1) is 24.2. The van der Waals surface area contributed by atoms with Gasteiger partial charge in [-0.25, -0.2) is 9.78 Å². The molecule has 0 fully saturated rings. The van der Waals surface area contributed by atoms with E-state index in [-0.39, 0.29) is 24.4 Å². The Balaban J connectivity index is 1.98. The molecular weight excluding hydrogens is 437 g/mol. The second kappa shape index (κ2) is 10.0. The second-order valence-electron chi connectivity index (χ2n) is 7.41. The first-order valence-corrected chi connectivity index (χ1v) is 10.4. The summed E-state index contributed by atoms with van der Waals surface area (Å²) in [6, 6.07) is 10.0. The average molecular weight is 462 g/mol. The molecule has 3 aromatic rings. The van der Waals surface area contributed by atoms with Gasteiger partial charge in [0.25, 0.3) is 5.56 Å². The van der Waals surface area contributed by atoms with Gasteiger partial charge in [0, 0.05) is 25.9 Å². The fourth-order valence-electron chi connectivity index (χ4n) is 3.58. The van der Waals surface area contributed by atoms with E-state index in [1.807, 2.05) is 0 Å². The van der Waals surface area contributed by atoms with Crippen molar-refractivity contribution in [3.8, 4) is 0 Å². The van der Waals surface area contributed by atoms with Gasteiger partial charge in [0.2, 0.25) is 0 Å². The maximum absolute atomic E-state index is 13.1. The van der Waals surface area contributed by atoms with Gasteiger partial charge in [-0.3, -0.25) is 9.36 Å². The Labute approximate surface area is 188 Å². The number of alkyl halides is 3. The number of anilines is 1. The molecule has 2 amide bonds. The summed E-state index contributed by atoms with van der Waals surface area (Å²) in [7, 11) is 1.48. The lowest BCUT2D eigenvalue weighted by molar-refractivity contribution is -0.137. The van der Waals surface area contributed by atoms with E-state index in [9.17, 15) is 22.8 Å². The monoisotopic (exact) mass is 462 g/mol. The number of benzene rings is 2. The summed E-state index contributed by atoms with van der Waals surface area (Å²) in [5.41, 5.74) is -0.592. The Hall–Kier alpha value is -3.40. The lowest BCUT2D eigenvalue weighted by atomic mass is 10.2. The third kappa shape index (κ3) is 5.33. The van der Waals surface area contributed by atoms with Crippen LogP contribution in [-0.2, 0) is 17.5 Å². The number of fused-ring (bicyclic) bond motifs is 1. The van der Waals surface area contributed by atoms with Gasteiger partial charge in [-0.15, -0.1) is 0 Å². The van der Waals surface area contributed by atoms with Crippen LogP contribution in [0.3, 0.4) is 0 Å². The smallest absolute Gasteiger partial charge is 0.383 e. The van der Waals surface area contributed by atoms with Gasteiger partial charge in [-0.1, -0.05) is 18.2 Å². The van der Waals surface area contributed by atoms with E-state index in [1.54, 1.807) is 38.1 Å². The maximum Gasteiger partial charge on any atom is 0.416 e. The molecule has 0 aliphatic rings. The molecule has 0 saturated heterocycles. The number of hydrogen-bond donors (Lipinski definition) is 1. The molecule has 3 rings (SSSR count). The molecule has 0 spiro atoms. The zero-order valence-electron chi connectivity index (χ0n) is 18.5. The zero-order chi connectivity index (χ0) is 24.2. The molecule has 7 nitrogen and oxygen atoms in total. The summed E-state index contributed by atoms with van der Waals surface area (Å²) in [4.78, 5) is 32.1. The summed E-state index contributed by atoms with van der Waals surface area (Å²) in [6.07, 6.45) is -4.53. The minimum atomic E-state index is -4.53. The van der Waals surface area contributed by atoms with Crippen molar-refractivity contribution in [3.63, 3.8) is 0 Å². The van der Waals surface area contributed by atoms with E-state index < -0.39 is 23.8 Å². The Kier molecular flexibility index (Phi) is 7.37. The lowest BCUT2D eigenvalue weighted by Gasteiger charge is -2.30. The summed E-state index contributed by atoms with van der Waals surface area (Å²) in [6.45, 7) is 4.17. The van der Waals surface area contributed by atoms with Gasteiger partial charge in [0.15, 0.2) is 0 Å². The summed E-state index contributed by atoms with van der Waals surface area (Å²) >= 11 is 0. The Bertz CT molecular complexity index is 1190. The van der Waals surface area contributed by atoms with Crippen LogP contribution >= 0.6 is 0 Å². The van der Waals surface area contributed by atoms with Crippen molar-refractivity contribution in [2.24, 2.45) is 0 Å². The average Bonchev–Trinajstić information content (AvgIpc) is 2.78. The quantitative estimate of drug-likeness (QED) is 0.553. The highest BCUT2D eigenvalue weighted by Gasteiger charge is 2.31. The third-order valence-corrected chi connectivity index (χ3v) is 5.29. The Morgan fingerprint density at radius 1 is 1.21 bits per heavy atom. The molecule has 0 aliphatic heterocycles. The van der Waals surface area contributed by atoms with E-state index in [4.69, 9.17) is 4.74 Å². The second-order valence-corrected chi connectivity index (χ2v) is 7.41. The Morgan fingerprint density at radius 2 is 1.94 bits per heavy atom. The van der Waals surface area contributed by atoms with E-state index in [2.05, 4.69) is 10.3 Å². The van der Waals surface area contributed by atoms with Crippen LogP contribution in [0.25, 0.3) is 10.9 Å². The fourth-order valence-corrected chi connectivity index (χ4v) is 3.58. The molecular formula is C23H25F3N4O3. The van der Waals surface area contributed by atoms with Crippen molar-refractivity contribution >= 4 is 22.6 Å². The highest BCUT2D eigenvalue weighted by atomic mass is 19.4. The van der Waals surface area contributed by atoms with Crippen LogP contribution in [0.1, 0.15) is 31.3 Å². The number of urea groups is 1. The number of ether oxygens (including phenoxy) is 1. The van der Waals surface area contributed by atoms with Crippen molar-refractivity contribution in [1.29, 1.82) is 0 Å². The van der Waals surface area contributed by atoms with Crippen molar-refractivity contribution in [2.75, 3.05) is 25.6 Å². The van der Waals surface area contributed by atoms with Crippen LogP contribution in [0.2, 0.25) is 0 Å². The maximum atomic E-state index is 13.1.